The smallest absolute Gasteiger partial charge is 0.229 e. The number of anilines is 5. The normalized spacial score (nSPS) is 10.6. The second-order valence-electron chi connectivity index (χ2n) is 5.96. The van der Waals surface area contributed by atoms with Crippen LogP contribution < -0.4 is 21.1 Å². The summed E-state index contributed by atoms with van der Waals surface area (Å²) in [6.45, 7) is 3.93. The van der Waals surface area contributed by atoms with Gasteiger partial charge in [-0.25, -0.2) is 9.37 Å². The van der Waals surface area contributed by atoms with Gasteiger partial charge in [0.1, 0.15) is 5.75 Å². The van der Waals surface area contributed by atoms with E-state index in [2.05, 4.69) is 20.6 Å². The molecule has 0 fully saturated rings. The minimum atomic E-state index is -0.557. The van der Waals surface area contributed by atoms with E-state index in [9.17, 15) is 4.39 Å². The van der Waals surface area contributed by atoms with Crippen molar-refractivity contribution in [2.75, 3.05) is 16.4 Å². The first-order chi connectivity index (χ1) is 12.5. The van der Waals surface area contributed by atoms with Crippen LogP contribution in [0.4, 0.5) is 33.2 Å². The van der Waals surface area contributed by atoms with Crippen molar-refractivity contribution >= 4 is 28.8 Å². The highest BCUT2D eigenvalue weighted by atomic mass is 19.1. The van der Waals surface area contributed by atoms with Crippen molar-refractivity contribution in [3.05, 3.63) is 60.5 Å². The fourth-order valence-corrected chi connectivity index (χ4v) is 2.29. The number of nitrogen functional groups attached to an aromatic ring is 1. The summed E-state index contributed by atoms with van der Waals surface area (Å²) in [7, 11) is 0. The molecular weight excluding hydrogens is 333 g/mol. The van der Waals surface area contributed by atoms with Gasteiger partial charge < -0.3 is 21.1 Å². The quantitative estimate of drug-likeness (QED) is 0.567. The summed E-state index contributed by atoms with van der Waals surface area (Å²) in [5, 5.41) is 5.94. The molecule has 0 unspecified atom stereocenters. The molecule has 6 nitrogen and oxygen atoms in total. The number of nitrogens with two attached hydrogens (primary N) is 1. The first-order valence-corrected chi connectivity index (χ1v) is 8.18. The number of aromatic nitrogens is 2. The third-order valence-corrected chi connectivity index (χ3v) is 3.38. The molecule has 134 valence electrons. The van der Waals surface area contributed by atoms with Crippen LogP contribution in [0.3, 0.4) is 0 Å². The van der Waals surface area contributed by atoms with Gasteiger partial charge in [0.25, 0.3) is 0 Å². The van der Waals surface area contributed by atoms with Crippen molar-refractivity contribution in [3.8, 4) is 5.75 Å². The van der Waals surface area contributed by atoms with E-state index in [0.717, 1.165) is 17.6 Å². The van der Waals surface area contributed by atoms with E-state index < -0.39 is 5.82 Å². The number of nitrogens with one attached hydrogen (secondary N) is 2. The standard InChI is InChI=1S/C19H20FN5O/c1-12(2)26-16-8-6-14(7-9-16)24-19-22-11-17(20)18(25-19)23-15-5-3-4-13(21)10-15/h3-12H,21H2,1-2H3,(H2,22,23,24,25). The van der Waals surface area contributed by atoms with Gasteiger partial charge in [-0.2, -0.15) is 4.98 Å². The number of hydrogen-bond donors (Lipinski definition) is 3. The van der Waals surface area contributed by atoms with Crippen LogP contribution >= 0.6 is 0 Å². The summed E-state index contributed by atoms with van der Waals surface area (Å²) in [6.07, 6.45) is 1.22. The number of nitrogens with zero attached hydrogens (tertiary/aromatic N) is 2. The third-order valence-electron chi connectivity index (χ3n) is 3.38. The molecular formula is C19H20FN5O. The number of rotatable bonds is 6. The molecule has 0 saturated carbocycles. The first-order valence-electron chi connectivity index (χ1n) is 8.18. The Kier molecular flexibility index (Phi) is 5.17. The molecule has 1 heterocycles. The highest BCUT2D eigenvalue weighted by molar-refractivity contribution is 5.63. The van der Waals surface area contributed by atoms with Crippen LogP contribution in [0, 0.1) is 5.82 Å². The van der Waals surface area contributed by atoms with E-state index >= 15 is 0 Å². The Balaban J connectivity index is 1.74. The first kappa shape index (κ1) is 17.5. The molecule has 2 aromatic carbocycles. The molecule has 3 rings (SSSR count). The maximum atomic E-state index is 14.0. The number of benzene rings is 2. The van der Waals surface area contributed by atoms with Crippen molar-refractivity contribution in [1.82, 2.24) is 9.97 Å². The van der Waals surface area contributed by atoms with Crippen LogP contribution in [0.25, 0.3) is 0 Å². The van der Waals surface area contributed by atoms with Crippen LogP contribution in [-0.2, 0) is 0 Å². The molecule has 0 atom stereocenters. The topological polar surface area (TPSA) is 85.1 Å². The predicted molar refractivity (Wildman–Crippen MR) is 102 cm³/mol. The van der Waals surface area contributed by atoms with E-state index in [1.54, 1.807) is 24.3 Å². The largest absolute Gasteiger partial charge is 0.491 e. The van der Waals surface area contributed by atoms with Gasteiger partial charge in [-0.3, -0.25) is 0 Å². The summed E-state index contributed by atoms with van der Waals surface area (Å²) in [5.41, 5.74) is 7.72. The van der Waals surface area contributed by atoms with E-state index in [1.165, 1.54) is 0 Å². The summed E-state index contributed by atoms with van der Waals surface area (Å²) in [5.74, 6) is 0.552. The lowest BCUT2D eigenvalue weighted by Crippen LogP contribution is -2.05. The molecule has 0 amide bonds. The molecule has 0 radical (unpaired) electrons. The van der Waals surface area contributed by atoms with Gasteiger partial charge in [-0.15, -0.1) is 0 Å². The highest BCUT2D eigenvalue weighted by Gasteiger charge is 2.08. The Morgan fingerprint density at radius 2 is 1.81 bits per heavy atom. The van der Waals surface area contributed by atoms with Gasteiger partial charge in [0, 0.05) is 17.1 Å². The van der Waals surface area contributed by atoms with Gasteiger partial charge in [0.2, 0.25) is 5.95 Å². The molecule has 4 N–H and O–H groups in total. The molecule has 0 spiro atoms. The maximum Gasteiger partial charge on any atom is 0.229 e. The van der Waals surface area contributed by atoms with Crippen LogP contribution in [-0.4, -0.2) is 16.1 Å². The molecule has 0 bridgehead atoms. The van der Waals surface area contributed by atoms with Crippen molar-refractivity contribution in [1.29, 1.82) is 0 Å². The van der Waals surface area contributed by atoms with Gasteiger partial charge in [0.15, 0.2) is 11.6 Å². The molecule has 0 aliphatic rings. The average molecular weight is 353 g/mol. The molecule has 0 saturated heterocycles. The summed E-state index contributed by atoms with van der Waals surface area (Å²) in [4.78, 5) is 8.15. The Hall–Kier alpha value is -3.35. The van der Waals surface area contributed by atoms with E-state index in [0.29, 0.717) is 11.4 Å². The second kappa shape index (κ2) is 7.69. The third kappa shape index (κ3) is 4.60. The number of ether oxygens (including phenoxy) is 1. The Bertz CT molecular complexity index is 883. The minimum Gasteiger partial charge on any atom is -0.491 e. The van der Waals surface area contributed by atoms with Crippen LogP contribution in [0.2, 0.25) is 0 Å². The van der Waals surface area contributed by atoms with E-state index in [-0.39, 0.29) is 17.9 Å². The summed E-state index contributed by atoms with van der Waals surface area (Å²) >= 11 is 0. The monoisotopic (exact) mass is 353 g/mol. The fourth-order valence-electron chi connectivity index (χ4n) is 2.29. The van der Waals surface area contributed by atoms with Gasteiger partial charge in [-0.1, -0.05) is 6.07 Å². The van der Waals surface area contributed by atoms with Crippen LogP contribution in [0.15, 0.2) is 54.7 Å². The van der Waals surface area contributed by atoms with Crippen molar-refractivity contribution in [3.63, 3.8) is 0 Å². The van der Waals surface area contributed by atoms with Gasteiger partial charge in [0.05, 0.1) is 12.3 Å². The zero-order valence-electron chi connectivity index (χ0n) is 14.5. The fraction of sp³-hybridized carbons (Fsp3) is 0.158. The zero-order valence-corrected chi connectivity index (χ0v) is 14.5. The SMILES string of the molecule is CC(C)Oc1ccc(Nc2ncc(F)c(Nc3cccc(N)c3)n2)cc1. The zero-order chi connectivity index (χ0) is 18.5. The minimum absolute atomic E-state index is 0.0628. The van der Waals surface area contributed by atoms with E-state index in [1.807, 2.05) is 38.1 Å². The van der Waals surface area contributed by atoms with Gasteiger partial charge in [-0.05, 0) is 56.3 Å². The highest BCUT2D eigenvalue weighted by Crippen LogP contribution is 2.23. The van der Waals surface area contributed by atoms with Crippen LogP contribution in [0.5, 0.6) is 5.75 Å². The van der Waals surface area contributed by atoms with Crippen molar-refractivity contribution < 1.29 is 9.13 Å². The molecule has 0 aliphatic carbocycles. The second-order valence-corrected chi connectivity index (χ2v) is 5.96. The molecule has 26 heavy (non-hydrogen) atoms. The van der Waals surface area contributed by atoms with Crippen molar-refractivity contribution in [2.24, 2.45) is 0 Å². The molecule has 3 aromatic rings. The molecule has 1 aromatic heterocycles. The Morgan fingerprint density at radius 1 is 1.04 bits per heavy atom. The van der Waals surface area contributed by atoms with Crippen molar-refractivity contribution in [2.45, 2.75) is 20.0 Å². The van der Waals surface area contributed by atoms with Crippen LogP contribution in [0.1, 0.15) is 13.8 Å². The summed E-state index contributed by atoms with van der Waals surface area (Å²) in [6, 6.07) is 14.4. The maximum absolute atomic E-state index is 14.0. The Morgan fingerprint density at radius 3 is 2.50 bits per heavy atom. The van der Waals surface area contributed by atoms with E-state index in [4.69, 9.17) is 10.5 Å². The predicted octanol–water partition coefficient (Wildman–Crippen LogP) is 4.47. The van der Waals surface area contributed by atoms with Gasteiger partial charge >= 0.3 is 0 Å². The number of hydrogen-bond acceptors (Lipinski definition) is 6. The lowest BCUT2D eigenvalue weighted by atomic mass is 10.3. The molecule has 7 heteroatoms. The Labute approximate surface area is 151 Å². The summed E-state index contributed by atoms with van der Waals surface area (Å²) < 4.78 is 19.6. The average Bonchev–Trinajstić information content (AvgIpc) is 2.59. The molecule has 0 aliphatic heterocycles. The lowest BCUT2D eigenvalue weighted by Gasteiger charge is -2.11. The lowest BCUT2D eigenvalue weighted by molar-refractivity contribution is 0.242. The number of halogens is 1.